The van der Waals surface area contributed by atoms with Gasteiger partial charge in [0.1, 0.15) is 11.4 Å². The first-order chi connectivity index (χ1) is 14.8. The number of carbonyl (C=O) groups excluding carboxylic acids is 1. The van der Waals surface area contributed by atoms with Crippen LogP contribution in [0, 0.1) is 6.92 Å². The van der Waals surface area contributed by atoms with E-state index < -0.39 is 17.2 Å². The lowest BCUT2D eigenvalue weighted by Crippen LogP contribution is -2.39. The fourth-order valence-electron chi connectivity index (χ4n) is 3.48. The fraction of sp³-hybridized carbons (Fsp3) is 0.136. The van der Waals surface area contributed by atoms with Crippen LogP contribution in [0.15, 0.2) is 67.0 Å². The van der Waals surface area contributed by atoms with Crippen LogP contribution in [0.3, 0.4) is 0 Å². The van der Waals surface area contributed by atoms with Crippen LogP contribution in [-0.2, 0) is 6.54 Å². The summed E-state index contributed by atoms with van der Waals surface area (Å²) in [5, 5.41) is 0.780. The van der Waals surface area contributed by atoms with Gasteiger partial charge in [-0.25, -0.2) is 4.79 Å². The predicted octanol–water partition coefficient (Wildman–Crippen LogP) is 3.26. The van der Waals surface area contributed by atoms with Gasteiger partial charge < -0.3 is 15.1 Å². The Hall–Kier alpha value is -3.59. The van der Waals surface area contributed by atoms with Crippen LogP contribution < -0.4 is 21.9 Å². The van der Waals surface area contributed by atoms with E-state index >= 15 is 0 Å². The molecule has 0 aliphatic heterocycles. The molecule has 31 heavy (non-hydrogen) atoms. The van der Waals surface area contributed by atoms with Crippen molar-refractivity contribution in [2.24, 2.45) is 0 Å². The van der Waals surface area contributed by atoms with Crippen LogP contribution in [0.5, 0.6) is 0 Å². The van der Waals surface area contributed by atoms with E-state index in [1.807, 2.05) is 42.5 Å². The monoisotopic (exact) mass is 482 g/mol. The zero-order valence-corrected chi connectivity index (χ0v) is 18.4. The molecule has 1 amide bonds. The molecule has 0 aliphatic rings. The van der Waals surface area contributed by atoms with Crippen molar-refractivity contribution >= 4 is 44.3 Å². The van der Waals surface area contributed by atoms with Crippen molar-refractivity contribution in [3.63, 3.8) is 0 Å². The van der Waals surface area contributed by atoms with Crippen LogP contribution in [0.2, 0.25) is 0 Å². The van der Waals surface area contributed by atoms with Gasteiger partial charge in [0.05, 0.1) is 6.54 Å². The molecule has 2 aromatic carbocycles. The lowest BCUT2D eigenvalue weighted by molar-refractivity contribution is 0.0967. The number of aryl methyl sites for hydroxylation is 1. The topological polar surface area (TPSA) is 114 Å². The average molecular weight is 483 g/mol. The number of rotatable bonds is 4. The van der Waals surface area contributed by atoms with E-state index in [0.717, 1.165) is 20.3 Å². The highest BCUT2D eigenvalue weighted by molar-refractivity contribution is 9.10. The number of amides is 1. The normalized spacial score (nSPS) is 11.1. The number of benzene rings is 2. The van der Waals surface area contributed by atoms with Gasteiger partial charge in [-0.15, -0.1) is 0 Å². The highest BCUT2D eigenvalue weighted by Crippen LogP contribution is 2.29. The molecule has 0 radical (unpaired) electrons. The van der Waals surface area contributed by atoms with E-state index in [-0.39, 0.29) is 23.8 Å². The van der Waals surface area contributed by atoms with Gasteiger partial charge >= 0.3 is 5.69 Å². The van der Waals surface area contributed by atoms with E-state index in [1.165, 1.54) is 11.6 Å². The quantitative estimate of drug-likeness (QED) is 0.463. The Morgan fingerprint density at radius 3 is 2.61 bits per heavy atom. The van der Waals surface area contributed by atoms with Gasteiger partial charge in [-0.2, -0.15) is 0 Å². The number of furan rings is 1. The molecule has 3 N–H and O–H groups in total. The molecule has 0 spiro atoms. The Labute approximate surface area is 185 Å². The molecule has 158 valence electrons. The van der Waals surface area contributed by atoms with Gasteiger partial charge in [0.2, 0.25) is 0 Å². The average Bonchev–Trinajstić information content (AvgIpc) is 3.07. The standard InChI is InChI=1S/C22H19BrN4O4/c1-12-15-10-14(23)8-9-16(15)31-18(12)21(29)26(2)17-19(24)27(22(30)25-20(17)28)11-13-6-4-3-5-7-13/h3-10H,11,24H2,1-2H3,(H,25,28,30). The molecule has 4 rings (SSSR count). The number of hydrogen-bond donors (Lipinski definition) is 2. The Bertz CT molecular complexity index is 1420. The third-order valence-corrected chi connectivity index (χ3v) is 5.62. The number of aromatic nitrogens is 2. The summed E-state index contributed by atoms with van der Waals surface area (Å²) < 4.78 is 7.83. The molecule has 0 fully saturated rings. The van der Waals surface area contributed by atoms with Crippen molar-refractivity contribution in [3.05, 3.63) is 90.7 Å². The van der Waals surface area contributed by atoms with E-state index in [2.05, 4.69) is 20.9 Å². The maximum Gasteiger partial charge on any atom is 0.330 e. The minimum atomic E-state index is -0.751. The van der Waals surface area contributed by atoms with Gasteiger partial charge in [0.25, 0.3) is 11.5 Å². The Morgan fingerprint density at radius 2 is 1.90 bits per heavy atom. The number of nitrogens with zero attached hydrogens (tertiary/aromatic N) is 2. The Morgan fingerprint density at radius 1 is 1.19 bits per heavy atom. The molecule has 0 bridgehead atoms. The Balaban J connectivity index is 1.78. The number of hydrogen-bond acceptors (Lipinski definition) is 5. The molecule has 0 atom stereocenters. The SMILES string of the molecule is Cc1c(C(=O)N(C)c2c(N)n(Cc3ccccc3)c(=O)[nH]c2=O)oc2ccc(Br)cc12. The zero-order valence-electron chi connectivity index (χ0n) is 16.8. The van der Waals surface area contributed by atoms with Gasteiger partial charge in [0, 0.05) is 22.5 Å². The van der Waals surface area contributed by atoms with Crippen LogP contribution in [0.25, 0.3) is 11.0 Å². The molecule has 0 unspecified atom stereocenters. The molecule has 0 saturated heterocycles. The fourth-order valence-corrected chi connectivity index (χ4v) is 3.84. The van der Waals surface area contributed by atoms with Crippen molar-refractivity contribution in [2.45, 2.75) is 13.5 Å². The maximum atomic E-state index is 13.2. The second-order valence-corrected chi connectivity index (χ2v) is 8.04. The zero-order chi connectivity index (χ0) is 22.3. The molecule has 2 heterocycles. The number of nitrogens with one attached hydrogen (secondary N) is 1. The largest absolute Gasteiger partial charge is 0.451 e. The third kappa shape index (κ3) is 3.68. The Kier molecular flexibility index (Phi) is 5.28. The van der Waals surface area contributed by atoms with Crippen LogP contribution >= 0.6 is 15.9 Å². The third-order valence-electron chi connectivity index (χ3n) is 5.13. The van der Waals surface area contributed by atoms with Crippen molar-refractivity contribution in [2.75, 3.05) is 17.7 Å². The molecule has 9 heteroatoms. The molecular weight excluding hydrogens is 464 g/mol. The van der Waals surface area contributed by atoms with E-state index in [9.17, 15) is 14.4 Å². The number of halogens is 1. The molecule has 4 aromatic rings. The molecule has 8 nitrogen and oxygen atoms in total. The summed E-state index contributed by atoms with van der Waals surface area (Å²) in [4.78, 5) is 41.5. The number of anilines is 2. The number of aromatic amines is 1. The number of H-pyrrole nitrogens is 1. The first kappa shape index (κ1) is 20.7. The lowest BCUT2D eigenvalue weighted by Gasteiger charge is -2.20. The van der Waals surface area contributed by atoms with Crippen LogP contribution in [-0.4, -0.2) is 22.5 Å². The summed E-state index contributed by atoms with van der Waals surface area (Å²) >= 11 is 3.41. The van der Waals surface area contributed by atoms with Gasteiger partial charge in [-0.3, -0.25) is 19.1 Å². The molecule has 0 saturated carbocycles. The lowest BCUT2D eigenvalue weighted by atomic mass is 10.1. The van der Waals surface area contributed by atoms with Gasteiger partial charge in [0.15, 0.2) is 11.4 Å². The number of carbonyl (C=O) groups is 1. The number of nitrogen functional groups attached to an aromatic ring is 1. The molecule has 2 aromatic heterocycles. The summed E-state index contributed by atoms with van der Waals surface area (Å²) in [5.41, 5.74) is 6.68. The van der Waals surface area contributed by atoms with Crippen molar-refractivity contribution in [1.29, 1.82) is 0 Å². The summed E-state index contributed by atoms with van der Waals surface area (Å²) in [6.07, 6.45) is 0. The van der Waals surface area contributed by atoms with Gasteiger partial charge in [-0.05, 0) is 30.7 Å². The molecular formula is C22H19BrN4O4. The number of fused-ring (bicyclic) bond motifs is 1. The van der Waals surface area contributed by atoms with Crippen LogP contribution in [0.4, 0.5) is 11.5 Å². The highest BCUT2D eigenvalue weighted by Gasteiger charge is 2.26. The van der Waals surface area contributed by atoms with Gasteiger partial charge in [-0.1, -0.05) is 46.3 Å². The van der Waals surface area contributed by atoms with Crippen LogP contribution in [0.1, 0.15) is 21.7 Å². The summed E-state index contributed by atoms with van der Waals surface area (Å²) in [6, 6.07) is 14.6. The summed E-state index contributed by atoms with van der Waals surface area (Å²) in [7, 11) is 1.42. The van der Waals surface area contributed by atoms with E-state index in [1.54, 1.807) is 13.0 Å². The first-order valence-corrected chi connectivity index (χ1v) is 10.2. The maximum absolute atomic E-state index is 13.2. The predicted molar refractivity (Wildman–Crippen MR) is 123 cm³/mol. The van der Waals surface area contributed by atoms with Crippen molar-refractivity contribution < 1.29 is 9.21 Å². The summed E-state index contributed by atoms with van der Waals surface area (Å²) in [5.74, 6) is -0.563. The minimum Gasteiger partial charge on any atom is -0.451 e. The minimum absolute atomic E-state index is 0.0928. The second-order valence-electron chi connectivity index (χ2n) is 7.13. The summed E-state index contributed by atoms with van der Waals surface area (Å²) in [6.45, 7) is 1.91. The molecule has 0 aliphatic carbocycles. The van der Waals surface area contributed by atoms with Crippen molar-refractivity contribution in [3.8, 4) is 0 Å². The van der Waals surface area contributed by atoms with Crippen molar-refractivity contribution in [1.82, 2.24) is 9.55 Å². The second kappa shape index (κ2) is 7.92. The number of nitrogens with two attached hydrogens (primary N) is 1. The van der Waals surface area contributed by atoms with E-state index in [0.29, 0.717) is 11.1 Å². The first-order valence-electron chi connectivity index (χ1n) is 9.41. The smallest absolute Gasteiger partial charge is 0.330 e. The highest BCUT2D eigenvalue weighted by atomic mass is 79.9. The van der Waals surface area contributed by atoms with E-state index in [4.69, 9.17) is 10.2 Å².